The summed E-state index contributed by atoms with van der Waals surface area (Å²) in [5.74, 6) is 0. The first-order valence-corrected chi connectivity index (χ1v) is 7.46. The Labute approximate surface area is 137 Å². The molecule has 0 atom stereocenters. The van der Waals surface area contributed by atoms with Gasteiger partial charge in [-0.2, -0.15) is 0 Å². The monoisotopic (exact) mass is 338 g/mol. The second-order valence-corrected chi connectivity index (χ2v) is 5.48. The van der Waals surface area contributed by atoms with Crippen LogP contribution in [0.4, 0.5) is 0 Å². The Morgan fingerprint density at radius 3 is 2.70 bits per heavy atom. The topological polar surface area (TPSA) is 24.5 Å². The molecule has 0 unspecified atom stereocenters. The van der Waals surface area contributed by atoms with Crippen molar-refractivity contribution in [3.05, 3.63) is 33.8 Å². The largest absolute Gasteiger partial charge is 0.379 e. The van der Waals surface area contributed by atoms with Gasteiger partial charge in [0.15, 0.2) is 0 Å². The number of nitrogens with one attached hydrogen (secondary N) is 1. The van der Waals surface area contributed by atoms with Crippen LogP contribution in [-0.4, -0.2) is 44.3 Å². The van der Waals surface area contributed by atoms with Crippen LogP contribution in [0.1, 0.15) is 12.0 Å². The van der Waals surface area contributed by atoms with Crippen molar-refractivity contribution in [2.45, 2.75) is 13.0 Å². The van der Waals surface area contributed by atoms with Gasteiger partial charge in [0.2, 0.25) is 0 Å². The van der Waals surface area contributed by atoms with Crippen LogP contribution in [0.5, 0.6) is 0 Å². The zero-order valence-corrected chi connectivity index (χ0v) is 13.7. The molecule has 0 amide bonds. The van der Waals surface area contributed by atoms with Gasteiger partial charge in [0.05, 0.1) is 23.3 Å². The van der Waals surface area contributed by atoms with Gasteiger partial charge in [-0.1, -0.05) is 35.3 Å². The zero-order chi connectivity index (χ0) is 13.5. The highest BCUT2D eigenvalue weighted by molar-refractivity contribution is 6.42. The average Bonchev–Trinajstić information content (AvgIpc) is 2.44. The van der Waals surface area contributed by atoms with Crippen molar-refractivity contribution in [3.8, 4) is 0 Å². The molecule has 0 aromatic heterocycles. The lowest BCUT2D eigenvalue weighted by atomic mass is 10.2. The predicted octanol–water partition coefficient (Wildman–Crippen LogP) is 3.23. The molecule has 1 aliphatic heterocycles. The van der Waals surface area contributed by atoms with Gasteiger partial charge < -0.3 is 10.1 Å². The molecule has 3 nitrogen and oxygen atoms in total. The molecule has 1 aromatic carbocycles. The molecular weight excluding hydrogens is 319 g/mol. The smallest absolute Gasteiger partial charge is 0.0637 e. The first kappa shape index (κ1) is 18.0. The molecule has 0 spiro atoms. The summed E-state index contributed by atoms with van der Waals surface area (Å²) in [4.78, 5) is 2.44. The zero-order valence-electron chi connectivity index (χ0n) is 11.4. The molecule has 6 heteroatoms. The fraction of sp³-hybridized carbons (Fsp3) is 0.571. The van der Waals surface area contributed by atoms with Crippen LogP contribution < -0.4 is 5.32 Å². The predicted molar refractivity (Wildman–Crippen MR) is 87.3 cm³/mol. The number of morpholine rings is 1. The number of rotatable bonds is 6. The minimum Gasteiger partial charge on any atom is -0.379 e. The summed E-state index contributed by atoms with van der Waals surface area (Å²) >= 11 is 12.1. The highest BCUT2D eigenvalue weighted by atomic mass is 35.5. The first-order valence-electron chi connectivity index (χ1n) is 6.71. The molecular formula is C14H21Cl3N2O. The van der Waals surface area contributed by atoms with E-state index in [2.05, 4.69) is 10.2 Å². The molecule has 0 bridgehead atoms. The summed E-state index contributed by atoms with van der Waals surface area (Å²) in [6.45, 7) is 6.72. The molecule has 2 rings (SSSR count). The summed E-state index contributed by atoms with van der Waals surface area (Å²) in [5, 5.41) is 4.69. The fourth-order valence-corrected chi connectivity index (χ4v) is 2.55. The molecule has 1 N–H and O–H groups in total. The van der Waals surface area contributed by atoms with Crippen LogP contribution in [0.25, 0.3) is 0 Å². The van der Waals surface area contributed by atoms with E-state index >= 15 is 0 Å². The quantitative estimate of drug-likeness (QED) is 0.805. The molecule has 0 radical (unpaired) electrons. The maximum atomic E-state index is 6.13. The lowest BCUT2D eigenvalue weighted by molar-refractivity contribution is 0.0374. The Kier molecular flexibility index (Phi) is 8.85. The Bertz CT molecular complexity index is 398. The van der Waals surface area contributed by atoms with Gasteiger partial charge in [0.1, 0.15) is 0 Å². The number of halogens is 3. The van der Waals surface area contributed by atoms with Crippen molar-refractivity contribution >= 4 is 35.6 Å². The molecule has 114 valence electrons. The van der Waals surface area contributed by atoms with Gasteiger partial charge in [-0.25, -0.2) is 0 Å². The van der Waals surface area contributed by atoms with Gasteiger partial charge in [-0.05, 0) is 31.1 Å². The molecule has 1 saturated heterocycles. The highest BCUT2D eigenvalue weighted by Crippen LogP contribution is 2.25. The Morgan fingerprint density at radius 1 is 1.20 bits per heavy atom. The van der Waals surface area contributed by atoms with E-state index in [9.17, 15) is 0 Å². The van der Waals surface area contributed by atoms with Gasteiger partial charge in [-0.15, -0.1) is 12.4 Å². The van der Waals surface area contributed by atoms with Gasteiger partial charge in [0, 0.05) is 19.6 Å². The van der Waals surface area contributed by atoms with Crippen LogP contribution in [0.15, 0.2) is 18.2 Å². The number of nitrogens with zero attached hydrogens (tertiary/aromatic N) is 1. The van der Waals surface area contributed by atoms with E-state index in [4.69, 9.17) is 27.9 Å². The van der Waals surface area contributed by atoms with E-state index in [0.717, 1.165) is 57.9 Å². The maximum absolute atomic E-state index is 6.13. The molecule has 1 heterocycles. The third-order valence-electron chi connectivity index (χ3n) is 3.28. The second-order valence-electron chi connectivity index (χ2n) is 4.70. The average molecular weight is 340 g/mol. The Balaban J connectivity index is 0.00000200. The van der Waals surface area contributed by atoms with E-state index in [0.29, 0.717) is 10.0 Å². The number of hydrogen-bond donors (Lipinski definition) is 1. The molecule has 1 aromatic rings. The van der Waals surface area contributed by atoms with E-state index in [1.165, 1.54) is 0 Å². The van der Waals surface area contributed by atoms with Crippen molar-refractivity contribution in [3.63, 3.8) is 0 Å². The highest BCUT2D eigenvalue weighted by Gasteiger charge is 2.09. The van der Waals surface area contributed by atoms with E-state index in [-0.39, 0.29) is 12.4 Å². The minimum atomic E-state index is 0. The molecule has 1 fully saturated rings. The van der Waals surface area contributed by atoms with Crippen molar-refractivity contribution < 1.29 is 4.74 Å². The lowest BCUT2D eigenvalue weighted by Crippen LogP contribution is -2.37. The first-order chi connectivity index (χ1) is 9.27. The van der Waals surface area contributed by atoms with Crippen molar-refractivity contribution in [2.24, 2.45) is 0 Å². The fourth-order valence-electron chi connectivity index (χ4n) is 2.16. The SMILES string of the molecule is Cl.Clc1cccc(CNCCCN2CCOCC2)c1Cl. The van der Waals surface area contributed by atoms with Crippen LogP contribution in [0.3, 0.4) is 0 Å². The maximum Gasteiger partial charge on any atom is 0.0637 e. The van der Waals surface area contributed by atoms with Gasteiger partial charge in [-0.3, -0.25) is 4.90 Å². The molecule has 1 aliphatic rings. The number of hydrogen-bond acceptors (Lipinski definition) is 3. The summed E-state index contributed by atoms with van der Waals surface area (Å²) in [6.07, 6.45) is 1.14. The Hall–Kier alpha value is -0.0300. The Morgan fingerprint density at radius 2 is 1.95 bits per heavy atom. The molecule has 0 saturated carbocycles. The normalized spacial score (nSPS) is 15.9. The van der Waals surface area contributed by atoms with Crippen molar-refractivity contribution in [2.75, 3.05) is 39.4 Å². The summed E-state index contributed by atoms with van der Waals surface area (Å²) in [6, 6.07) is 5.74. The van der Waals surface area contributed by atoms with Crippen LogP contribution >= 0.6 is 35.6 Å². The number of benzene rings is 1. The van der Waals surface area contributed by atoms with Crippen molar-refractivity contribution in [1.29, 1.82) is 0 Å². The second kappa shape index (κ2) is 9.82. The summed E-state index contributed by atoms with van der Waals surface area (Å²) < 4.78 is 5.32. The van der Waals surface area contributed by atoms with E-state index < -0.39 is 0 Å². The lowest BCUT2D eigenvalue weighted by Gasteiger charge is -2.26. The molecule has 20 heavy (non-hydrogen) atoms. The summed E-state index contributed by atoms with van der Waals surface area (Å²) in [5.41, 5.74) is 1.06. The summed E-state index contributed by atoms with van der Waals surface area (Å²) in [7, 11) is 0. The van der Waals surface area contributed by atoms with Crippen LogP contribution in [0.2, 0.25) is 10.0 Å². The minimum absolute atomic E-state index is 0. The third-order valence-corrected chi connectivity index (χ3v) is 4.14. The standard InChI is InChI=1S/C14H20Cl2N2O.ClH/c15-13-4-1-3-12(14(13)16)11-17-5-2-6-18-7-9-19-10-8-18;/h1,3-4,17H,2,5-11H2;1H. The van der Waals surface area contributed by atoms with E-state index in [1.807, 2.05) is 18.2 Å². The van der Waals surface area contributed by atoms with Crippen LogP contribution in [-0.2, 0) is 11.3 Å². The number of ether oxygens (including phenoxy) is 1. The van der Waals surface area contributed by atoms with E-state index in [1.54, 1.807) is 0 Å². The third kappa shape index (κ3) is 5.76. The molecule has 0 aliphatic carbocycles. The van der Waals surface area contributed by atoms with Crippen molar-refractivity contribution in [1.82, 2.24) is 10.2 Å². The van der Waals surface area contributed by atoms with Gasteiger partial charge >= 0.3 is 0 Å². The van der Waals surface area contributed by atoms with Gasteiger partial charge in [0.25, 0.3) is 0 Å². The van der Waals surface area contributed by atoms with Crippen LogP contribution in [0, 0.1) is 0 Å².